The Morgan fingerprint density at radius 2 is 2.13 bits per heavy atom. The summed E-state index contributed by atoms with van der Waals surface area (Å²) >= 11 is 1.59. The van der Waals surface area contributed by atoms with Crippen LogP contribution < -0.4 is 0 Å². The van der Waals surface area contributed by atoms with Crippen LogP contribution in [0.1, 0.15) is 33.7 Å². The molecular formula is C17H24N4OS. The van der Waals surface area contributed by atoms with E-state index in [-0.39, 0.29) is 5.91 Å². The summed E-state index contributed by atoms with van der Waals surface area (Å²) in [6.45, 7) is 9.55. The van der Waals surface area contributed by atoms with Gasteiger partial charge in [-0.05, 0) is 32.4 Å². The van der Waals surface area contributed by atoms with E-state index in [9.17, 15) is 4.79 Å². The Bertz CT molecular complexity index is 663. The molecule has 0 saturated carbocycles. The first kappa shape index (κ1) is 16.2. The predicted molar refractivity (Wildman–Crippen MR) is 92.8 cm³/mol. The van der Waals surface area contributed by atoms with Crippen LogP contribution in [-0.2, 0) is 13.1 Å². The minimum Gasteiger partial charge on any atom is -0.337 e. The molecule has 0 bridgehead atoms. The average molecular weight is 332 g/mol. The predicted octanol–water partition coefficient (Wildman–Crippen LogP) is 2.62. The second kappa shape index (κ2) is 7.27. The Balaban J connectivity index is 1.60. The molecule has 0 aromatic carbocycles. The zero-order chi connectivity index (χ0) is 16.2. The zero-order valence-electron chi connectivity index (χ0n) is 13.9. The van der Waals surface area contributed by atoms with Crippen molar-refractivity contribution in [3.05, 3.63) is 40.1 Å². The zero-order valence-corrected chi connectivity index (χ0v) is 14.7. The molecule has 0 radical (unpaired) electrons. The van der Waals surface area contributed by atoms with Crippen molar-refractivity contribution in [3.8, 4) is 0 Å². The van der Waals surface area contributed by atoms with E-state index in [1.807, 2.05) is 36.4 Å². The monoisotopic (exact) mass is 332 g/mol. The maximum atomic E-state index is 12.6. The Kier molecular flexibility index (Phi) is 5.13. The average Bonchev–Trinajstić information content (AvgIpc) is 3.11. The van der Waals surface area contributed by atoms with Crippen LogP contribution in [0.4, 0.5) is 0 Å². The van der Waals surface area contributed by atoms with Crippen LogP contribution in [0.25, 0.3) is 0 Å². The van der Waals surface area contributed by atoms with E-state index in [0.29, 0.717) is 0 Å². The smallest absolute Gasteiger partial charge is 0.263 e. The molecule has 5 nitrogen and oxygen atoms in total. The molecule has 0 aliphatic carbocycles. The summed E-state index contributed by atoms with van der Waals surface area (Å²) in [6, 6.07) is 3.97. The maximum absolute atomic E-state index is 12.6. The lowest BCUT2D eigenvalue weighted by molar-refractivity contribution is 0.0766. The Morgan fingerprint density at radius 1 is 1.26 bits per heavy atom. The van der Waals surface area contributed by atoms with E-state index in [0.717, 1.165) is 56.4 Å². The molecule has 1 aliphatic heterocycles. The van der Waals surface area contributed by atoms with Crippen LogP contribution in [0, 0.1) is 6.92 Å². The van der Waals surface area contributed by atoms with Gasteiger partial charge in [0.25, 0.3) is 5.91 Å². The minimum absolute atomic E-state index is 0.181. The highest BCUT2D eigenvalue weighted by Gasteiger charge is 2.21. The first-order chi connectivity index (χ1) is 11.2. The van der Waals surface area contributed by atoms with E-state index < -0.39 is 0 Å². The van der Waals surface area contributed by atoms with Crippen molar-refractivity contribution >= 4 is 17.2 Å². The molecule has 1 fully saturated rings. The van der Waals surface area contributed by atoms with E-state index in [2.05, 4.69) is 21.4 Å². The van der Waals surface area contributed by atoms with Gasteiger partial charge in [-0.2, -0.15) is 0 Å². The minimum atomic E-state index is 0.181. The van der Waals surface area contributed by atoms with Gasteiger partial charge in [0.05, 0.1) is 11.4 Å². The van der Waals surface area contributed by atoms with Gasteiger partial charge in [-0.1, -0.05) is 0 Å². The van der Waals surface area contributed by atoms with Crippen LogP contribution in [0.15, 0.2) is 24.5 Å². The first-order valence-electron chi connectivity index (χ1n) is 8.25. The number of rotatable bonds is 4. The number of aryl methyl sites for hydroxylation is 2. The van der Waals surface area contributed by atoms with Gasteiger partial charge in [-0.25, -0.2) is 4.98 Å². The first-order valence-corrected chi connectivity index (χ1v) is 9.07. The molecule has 1 saturated heterocycles. The molecule has 0 spiro atoms. The number of nitrogens with zero attached hydrogens (tertiary/aromatic N) is 4. The fourth-order valence-electron chi connectivity index (χ4n) is 3.02. The third kappa shape index (κ3) is 3.82. The fourth-order valence-corrected chi connectivity index (χ4v) is 3.85. The van der Waals surface area contributed by atoms with Gasteiger partial charge in [0, 0.05) is 50.0 Å². The number of aromatic nitrogens is 2. The van der Waals surface area contributed by atoms with Gasteiger partial charge in [0.2, 0.25) is 0 Å². The highest BCUT2D eigenvalue weighted by atomic mass is 32.1. The van der Waals surface area contributed by atoms with Crippen LogP contribution in [0.2, 0.25) is 0 Å². The van der Waals surface area contributed by atoms with Crippen LogP contribution in [0.5, 0.6) is 0 Å². The molecule has 6 heteroatoms. The van der Waals surface area contributed by atoms with E-state index in [1.54, 1.807) is 11.3 Å². The molecule has 2 aromatic heterocycles. The Morgan fingerprint density at radius 3 is 2.87 bits per heavy atom. The lowest BCUT2D eigenvalue weighted by atomic mass is 10.3. The summed E-state index contributed by atoms with van der Waals surface area (Å²) in [7, 11) is 0. The van der Waals surface area contributed by atoms with Crippen molar-refractivity contribution in [2.75, 3.05) is 26.2 Å². The fraction of sp³-hybridized carbons (Fsp3) is 0.529. The van der Waals surface area contributed by atoms with Crippen molar-refractivity contribution in [1.29, 1.82) is 0 Å². The molecule has 1 amide bonds. The summed E-state index contributed by atoms with van der Waals surface area (Å²) in [6.07, 6.45) is 4.91. The van der Waals surface area contributed by atoms with Gasteiger partial charge < -0.3 is 9.47 Å². The van der Waals surface area contributed by atoms with Crippen molar-refractivity contribution in [1.82, 2.24) is 19.4 Å². The summed E-state index contributed by atoms with van der Waals surface area (Å²) in [5, 5.41) is 0. The molecule has 0 N–H and O–H groups in total. The highest BCUT2D eigenvalue weighted by Crippen LogP contribution is 2.18. The number of hydrogen-bond donors (Lipinski definition) is 0. The van der Waals surface area contributed by atoms with Gasteiger partial charge in [-0.15, -0.1) is 11.3 Å². The Labute approximate surface area is 141 Å². The van der Waals surface area contributed by atoms with Gasteiger partial charge in [-0.3, -0.25) is 9.69 Å². The van der Waals surface area contributed by atoms with Gasteiger partial charge >= 0.3 is 0 Å². The summed E-state index contributed by atoms with van der Waals surface area (Å²) < 4.78 is 2.18. The third-order valence-corrected chi connectivity index (χ3v) is 5.32. The summed E-state index contributed by atoms with van der Waals surface area (Å²) in [4.78, 5) is 23.5. The number of carbonyl (C=O) groups excluding carboxylic acids is 1. The second-order valence-electron chi connectivity index (χ2n) is 5.96. The van der Waals surface area contributed by atoms with Crippen molar-refractivity contribution < 1.29 is 4.79 Å². The van der Waals surface area contributed by atoms with E-state index in [4.69, 9.17) is 0 Å². The van der Waals surface area contributed by atoms with Crippen molar-refractivity contribution in [2.45, 2.75) is 33.4 Å². The number of carbonyl (C=O) groups is 1. The normalized spacial score (nSPS) is 16.5. The van der Waals surface area contributed by atoms with E-state index >= 15 is 0 Å². The highest BCUT2D eigenvalue weighted by molar-refractivity contribution is 7.13. The largest absolute Gasteiger partial charge is 0.337 e. The number of thiophene rings is 1. The van der Waals surface area contributed by atoms with Crippen molar-refractivity contribution in [3.63, 3.8) is 0 Å². The lowest BCUT2D eigenvalue weighted by Gasteiger charge is -2.21. The number of amides is 1. The quantitative estimate of drug-likeness (QED) is 0.864. The second-order valence-corrected chi connectivity index (χ2v) is 7.25. The van der Waals surface area contributed by atoms with Gasteiger partial charge in [0.15, 0.2) is 0 Å². The van der Waals surface area contributed by atoms with Crippen molar-refractivity contribution in [2.24, 2.45) is 0 Å². The third-order valence-electron chi connectivity index (χ3n) is 4.33. The molecule has 0 atom stereocenters. The molecule has 2 aromatic rings. The van der Waals surface area contributed by atoms with Crippen LogP contribution in [0.3, 0.4) is 0 Å². The SMILES string of the molecule is CCn1ccnc1CN1CCCN(C(=O)c2ccc(C)s2)CC1. The molecule has 1 aliphatic rings. The van der Waals surface area contributed by atoms with Crippen LogP contribution >= 0.6 is 11.3 Å². The Hall–Kier alpha value is -1.66. The summed E-state index contributed by atoms with van der Waals surface area (Å²) in [5.41, 5.74) is 0. The molecule has 3 heterocycles. The number of hydrogen-bond acceptors (Lipinski definition) is 4. The number of imidazole rings is 1. The molecule has 0 unspecified atom stereocenters. The standard InChI is InChI=1S/C17H24N4OS/c1-3-20-10-7-18-16(20)13-19-8-4-9-21(12-11-19)17(22)15-6-5-14(2)23-15/h5-7,10H,3-4,8-9,11-13H2,1-2H3. The molecular weight excluding hydrogens is 308 g/mol. The topological polar surface area (TPSA) is 41.4 Å². The van der Waals surface area contributed by atoms with E-state index in [1.165, 1.54) is 4.88 Å². The molecule has 3 rings (SSSR count). The lowest BCUT2D eigenvalue weighted by Crippen LogP contribution is -2.35. The maximum Gasteiger partial charge on any atom is 0.263 e. The van der Waals surface area contributed by atoms with Gasteiger partial charge in [0.1, 0.15) is 5.82 Å². The van der Waals surface area contributed by atoms with Crippen LogP contribution in [-0.4, -0.2) is 51.4 Å². The summed E-state index contributed by atoms with van der Waals surface area (Å²) in [5.74, 6) is 1.29. The molecule has 124 valence electrons. The molecule has 23 heavy (non-hydrogen) atoms.